The minimum Gasteiger partial charge on any atom is -0.319 e. The van der Waals surface area contributed by atoms with Crippen molar-refractivity contribution in [3.05, 3.63) is 58.7 Å². The van der Waals surface area contributed by atoms with Crippen LogP contribution in [-0.4, -0.2) is 15.7 Å². The minimum absolute atomic E-state index is 0.0107. The highest BCUT2D eigenvalue weighted by Crippen LogP contribution is 2.34. The number of carbonyl (C=O) groups is 1. The molecule has 0 aliphatic rings. The van der Waals surface area contributed by atoms with E-state index in [4.69, 9.17) is 11.6 Å². The van der Waals surface area contributed by atoms with E-state index in [1.807, 2.05) is 0 Å². The maximum Gasteiger partial charge on any atom is 0.416 e. The first-order chi connectivity index (χ1) is 11.3. The zero-order chi connectivity index (χ0) is 17.5. The summed E-state index contributed by atoms with van der Waals surface area (Å²) in [6, 6.07) is 9.80. The summed E-state index contributed by atoms with van der Waals surface area (Å²) in [6.45, 7) is 0. The van der Waals surface area contributed by atoms with Crippen molar-refractivity contribution < 1.29 is 18.0 Å². The Labute approximate surface area is 139 Å². The van der Waals surface area contributed by atoms with E-state index in [0.29, 0.717) is 5.39 Å². The predicted octanol–water partition coefficient (Wildman–Crippen LogP) is 4.50. The predicted molar refractivity (Wildman–Crippen MR) is 85.1 cm³/mol. The van der Waals surface area contributed by atoms with Crippen molar-refractivity contribution in [3.63, 3.8) is 0 Å². The molecule has 1 aromatic heterocycles. The second kappa shape index (κ2) is 5.83. The number of nitrogens with zero attached hydrogens (tertiary/aromatic N) is 2. The first-order valence-corrected chi connectivity index (χ1v) is 7.25. The fourth-order valence-electron chi connectivity index (χ4n) is 2.36. The summed E-state index contributed by atoms with van der Waals surface area (Å²) in [5.41, 5.74) is -0.168. The Balaban J connectivity index is 1.98. The Bertz CT molecular complexity index is 934. The van der Waals surface area contributed by atoms with Crippen molar-refractivity contribution in [1.29, 1.82) is 0 Å². The van der Waals surface area contributed by atoms with Crippen LogP contribution in [-0.2, 0) is 13.2 Å². The Kier molecular flexibility index (Phi) is 3.96. The molecule has 24 heavy (non-hydrogen) atoms. The van der Waals surface area contributed by atoms with Gasteiger partial charge in [0.15, 0.2) is 5.69 Å². The molecular weight excluding hydrogens is 343 g/mol. The van der Waals surface area contributed by atoms with Crippen LogP contribution < -0.4 is 5.32 Å². The molecule has 0 saturated carbocycles. The van der Waals surface area contributed by atoms with Gasteiger partial charge in [-0.25, -0.2) is 0 Å². The Morgan fingerprint density at radius 1 is 1.21 bits per heavy atom. The van der Waals surface area contributed by atoms with Gasteiger partial charge in [0.05, 0.1) is 21.8 Å². The highest BCUT2D eigenvalue weighted by atomic mass is 35.5. The van der Waals surface area contributed by atoms with Gasteiger partial charge in [0.1, 0.15) is 0 Å². The van der Waals surface area contributed by atoms with E-state index >= 15 is 0 Å². The van der Waals surface area contributed by atoms with Crippen LogP contribution in [0.5, 0.6) is 0 Å². The van der Waals surface area contributed by atoms with Gasteiger partial charge in [-0.15, -0.1) is 0 Å². The molecule has 3 aromatic rings. The molecule has 0 atom stereocenters. The number of aromatic nitrogens is 2. The molecule has 8 heteroatoms. The van der Waals surface area contributed by atoms with Gasteiger partial charge in [-0.1, -0.05) is 29.8 Å². The average molecular weight is 354 g/mol. The van der Waals surface area contributed by atoms with Crippen molar-refractivity contribution in [1.82, 2.24) is 9.78 Å². The number of para-hydroxylation sites is 1. The molecule has 3 rings (SSSR count). The molecule has 0 aliphatic heterocycles. The number of rotatable bonds is 2. The number of benzene rings is 2. The highest BCUT2D eigenvalue weighted by molar-refractivity contribution is 6.34. The number of carbonyl (C=O) groups excluding carboxylic acids is 1. The maximum absolute atomic E-state index is 12.8. The van der Waals surface area contributed by atoms with E-state index in [1.54, 1.807) is 31.3 Å². The summed E-state index contributed by atoms with van der Waals surface area (Å²) in [5.74, 6) is -0.631. The fourth-order valence-corrected chi connectivity index (χ4v) is 2.53. The van der Waals surface area contributed by atoms with Crippen LogP contribution in [0.3, 0.4) is 0 Å². The first kappa shape index (κ1) is 16.3. The molecule has 1 heterocycles. The number of amides is 1. The number of halogens is 4. The van der Waals surface area contributed by atoms with E-state index in [0.717, 1.165) is 23.7 Å². The van der Waals surface area contributed by atoms with E-state index in [2.05, 4.69) is 10.4 Å². The highest BCUT2D eigenvalue weighted by Gasteiger charge is 2.31. The molecule has 1 amide bonds. The second-order valence-corrected chi connectivity index (χ2v) is 5.54. The van der Waals surface area contributed by atoms with Crippen LogP contribution in [0.1, 0.15) is 16.1 Å². The number of alkyl halides is 3. The standard InChI is InChI=1S/C16H11ClF3N3O/c1-23-13-5-3-2-4-10(13)14(22-23)15(24)21-12-8-9(16(18,19)20)6-7-11(12)17/h2-8H,1H3,(H,21,24). The number of hydrogen-bond acceptors (Lipinski definition) is 2. The zero-order valence-corrected chi connectivity index (χ0v) is 13.1. The summed E-state index contributed by atoms with van der Waals surface area (Å²) in [5, 5.41) is 7.13. The maximum atomic E-state index is 12.8. The van der Waals surface area contributed by atoms with Gasteiger partial charge in [-0.2, -0.15) is 18.3 Å². The third-order valence-electron chi connectivity index (χ3n) is 3.51. The molecule has 0 unspecified atom stereocenters. The number of fused-ring (bicyclic) bond motifs is 1. The molecule has 2 aromatic carbocycles. The van der Waals surface area contributed by atoms with Gasteiger partial charge < -0.3 is 5.32 Å². The zero-order valence-electron chi connectivity index (χ0n) is 12.4. The van der Waals surface area contributed by atoms with Gasteiger partial charge >= 0.3 is 6.18 Å². The van der Waals surface area contributed by atoms with Gasteiger partial charge in [0, 0.05) is 12.4 Å². The van der Waals surface area contributed by atoms with E-state index in [9.17, 15) is 18.0 Å². The van der Waals surface area contributed by atoms with Crippen LogP contribution in [0.4, 0.5) is 18.9 Å². The lowest BCUT2D eigenvalue weighted by Crippen LogP contribution is -2.15. The van der Waals surface area contributed by atoms with Crippen molar-refractivity contribution in [2.45, 2.75) is 6.18 Å². The quantitative estimate of drug-likeness (QED) is 0.737. The summed E-state index contributed by atoms with van der Waals surface area (Å²) in [6.07, 6.45) is -4.53. The molecule has 1 N–H and O–H groups in total. The molecule has 124 valence electrons. The molecule has 0 radical (unpaired) electrons. The van der Waals surface area contributed by atoms with Gasteiger partial charge in [0.2, 0.25) is 0 Å². The lowest BCUT2D eigenvalue weighted by Gasteiger charge is -2.11. The molecular formula is C16H11ClF3N3O. The second-order valence-electron chi connectivity index (χ2n) is 5.14. The van der Waals surface area contributed by atoms with Gasteiger partial charge in [-0.05, 0) is 24.3 Å². The number of nitrogens with one attached hydrogen (secondary N) is 1. The molecule has 0 saturated heterocycles. The van der Waals surface area contributed by atoms with E-state index in [-0.39, 0.29) is 16.4 Å². The molecule has 0 aliphatic carbocycles. The molecule has 0 bridgehead atoms. The van der Waals surface area contributed by atoms with Crippen LogP contribution >= 0.6 is 11.6 Å². The summed E-state index contributed by atoms with van der Waals surface area (Å²) in [4.78, 5) is 12.4. The summed E-state index contributed by atoms with van der Waals surface area (Å²) in [7, 11) is 1.68. The van der Waals surface area contributed by atoms with Gasteiger partial charge in [-0.3, -0.25) is 9.48 Å². The first-order valence-electron chi connectivity index (χ1n) is 6.87. The third-order valence-corrected chi connectivity index (χ3v) is 3.84. The van der Waals surface area contributed by atoms with Gasteiger partial charge in [0.25, 0.3) is 5.91 Å². The molecule has 0 spiro atoms. The normalized spacial score (nSPS) is 11.7. The van der Waals surface area contributed by atoms with Crippen molar-refractivity contribution >= 4 is 34.1 Å². The topological polar surface area (TPSA) is 46.9 Å². The Morgan fingerprint density at radius 3 is 2.62 bits per heavy atom. The number of aryl methyl sites for hydroxylation is 1. The van der Waals surface area contributed by atoms with E-state index < -0.39 is 17.6 Å². The van der Waals surface area contributed by atoms with Crippen LogP contribution in [0.15, 0.2) is 42.5 Å². The average Bonchev–Trinajstić information content (AvgIpc) is 2.86. The number of anilines is 1. The van der Waals surface area contributed by atoms with E-state index in [1.165, 1.54) is 4.68 Å². The lowest BCUT2D eigenvalue weighted by atomic mass is 10.1. The van der Waals surface area contributed by atoms with Crippen molar-refractivity contribution in [2.24, 2.45) is 7.05 Å². The van der Waals surface area contributed by atoms with Crippen LogP contribution in [0, 0.1) is 0 Å². The van der Waals surface area contributed by atoms with Crippen LogP contribution in [0.25, 0.3) is 10.9 Å². The van der Waals surface area contributed by atoms with Crippen molar-refractivity contribution in [2.75, 3.05) is 5.32 Å². The Morgan fingerprint density at radius 2 is 1.92 bits per heavy atom. The fraction of sp³-hybridized carbons (Fsp3) is 0.125. The Hall–Kier alpha value is -2.54. The molecule has 0 fully saturated rings. The van der Waals surface area contributed by atoms with Crippen LogP contribution in [0.2, 0.25) is 5.02 Å². The lowest BCUT2D eigenvalue weighted by molar-refractivity contribution is -0.137. The SMILES string of the molecule is Cn1nc(C(=O)Nc2cc(C(F)(F)F)ccc2Cl)c2ccccc21. The third kappa shape index (κ3) is 2.94. The summed E-state index contributed by atoms with van der Waals surface area (Å²) < 4.78 is 39.9. The summed E-state index contributed by atoms with van der Waals surface area (Å²) >= 11 is 5.89. The molecule has 4 nitrogen and oxygen atoms in total. The number of hydrogen-bond donors (Lipinski definition) is 1. The largest absolute Gasteiger partial charge is 0.416 e. The monoisotopic (exact) mass is 353 g/mol. The minimum atomic E-state index is -4.53. The van der Waals surface area contributed by atoms with Crippen molar-refractivity contribution in [3.8, 4) is 0 Å². The smallest absolute Gasteiger partial charge is 0.319 e.